The van der Waals surface area contributed by atoms with E-state index in [9.17, 15) is 9.59 Å². The quantitative estimate of drug-likeness (QED) is 0.274. The van der Waals surface area contributed by atoms with Gasteiger partial charge in [0, 0.05) is 16.5 Å². The summed E-state index contributed by atoms with van der Waals surface area (Å²) in [6, 6.07) is 7.19. The Bertz CT molecular complexity index is 858. The van der Waals surface area contributed by atoms with Gasteiger partial charge in [-0.3, -0.25) is 14.9 Å². The monoisotopic (exact) mass is 522 g/mol. The summed E-state index contributed by atoms with van der Waals surface area (Å²) in [6.07, 6.45) is 9.36. The number of hydrogen-bond acceptors (Lipinski definition) is 5. The second kappa shape index (κ2) is 14.4. The van der Waals surface area contributed by atoms with E-state index >= 15 is 0 Å². The zero-order valence-corrected chi connectivity index (χ0v) is 21.7. The van der Waals surface area contributed by atoms with Crippen molar-refractivity contribution in [2.24, 2.45) is 5.92 Å². The van der Waals surface area contributed by atoms with Crippen molar-refractivity contribution in [3.63, 3.8) is 0 Å². The molecule has 32 heavy (non-hydrogen) atoms. The summed E-state index contributed by atoms with van der Waals surface area (Å²) in [4.78, 5) is 25.4. The number of benzene rings is 1. The zero-order valence-electron chi connectivity index (χ0n) is 19.3. The maximum Gasteiger partial charge on any atom is 0.249 e. The predicted molar refractivity (Wildman–Crippen MR) is 136 cm³/mol. The molecule has 1 aromatic carbocycles. The molecule has 2 amide bonds. The van der Waals surface area contributed by atoms with Crippen LogP contribution < -0.4 is 10.6 Å². The van der Waals surface area contributed by atoms with Gasteiger partial charge in [-0.25, -0.2) is 0 Å². The van der Waals surface area contributed by atoms with Gasteiger partial charge in [0.15, 0.2) is 0 Å². The number of unbranched alkanes of at least 4 members (excludes halogenated alkanes) is 6. The molecule has 2 atom stereocenters. The molecular weight excluding hydrogens is 488 g/mol. The van der Waals surface area contributed by atoms with E-state index in [1.807, 2.05) is 38.1 Å². The lowest BCUT2D eigenvalue weighted by Gasteiger charge is -2.23. The third-order valence-electron chi connectivity index (χ3n) is 5.55. The van der Waals surface area contributed by atoms with Crippen molar-refractivity contribution >= 4 is 44.2 Å². The third-order valence-corrected chi connectivity index (χ3v) is 6.93. The van der Waals surface area contributed by atoms with Gasteiger partial charge in [0.2, 0.25) is 16.9 Å². The Morgan fingerprint density at radius 1 is 1.06 bits per heavy atom. The molecule has 0 fully saturated rings. The number of nitrogens with one attached hydrogen (secondary N) is 2. The number of carbonyl (C=O) groups is 2. The molecule has 2 N–H and O–H groups in total. The fourth-order valence-corrected chi connectivity index (χ4v) is 4.53. The fourth-order valence-electron chi connectivity index (χ4n) is 3.39. The highest BCUT2D eigenvalue weighted by molar-refractivity contribution is 9.10. The van der Waals surface area contributed by atoms with Gasteiger partial charge >= 0.3 is 0 Å². The van der Waals surface area contributed by atoms with Crippen LogP contribution in [0, 0.1) is 5.92 Å². The molecular formula is C24H35BrN4O2S. The van der Waals surface area contributed by atoms with Crippen LogP contribution in [0.3, 0.4) is 0 Å². The molecule has 6 nitrogen and oxygen atoms in total. The Morgan fingerprint density at radius 3 is 2.47 bits per heavy atom. The number of amides is 2. The maximum atomic E-state index is 12.9. The summed E-state index contributed by atoms with van der Waals surface area (Å²) in [5.74, 6) is -0.291. The number of anilines is 1. The second-order valence-corrected chi connectivity index (χ2v) is 10.1. The molecule has 1 aromatic heterocycles. The molecule has 0 radical (unpaired) electrons. The molecule has 0 saturated heterocycles. The summed E-state index contributed by atoms with van der Waals surface area (Å²) in [5.41, 5.74) is 0.929. The summed E-state index contributed by atoms with van der Waals surface area (Å²) >= 11 is 4.77. The average Bonchev–Trinajstić information content (AvgIpc) is 3.24. The van der Waals surface area contributed by atoms with Gasteiger partial charge in [0.25, 0.3) is 0 Å². The van der Waals surface area contributed by atoms with E-state index in [1.165, 1.54) is 43.4 Å². The Labute approximate surface area is 204 Å². The zero-order chi connectivity index (χ0) is 23.3. The van der Waals surface area contributed by atoms with E-state index in [4.69, 9.17) is 0 Å². The van der Waals surface area contributed by atoms with Crippen LogP contribution in [0.4, 0.5) is 5.13 Å². The maximum absolute atomic E-state index is 12.9. The molecule has 1 heterocycles. The summed E-state index contributed by atoms with van der Waals surface area (Å²) in [5, 5.41) is 15.2. The second-order valence-electron chi connectivity index (χ2n) is 8.21. The number of carbonyl (C=O) groups excluding carboxylic acids is 2. The van der Waals surface area contributed by atoms with Crippen molar-refractivity contribution in [3.05, 3.63) is 28.7 Å². The molecule has 176 valence electrons. The van der Waals surface area contributed by atoms with Gasteiger partial charge in [-0.05, 0) is 24.5 Å². The van der Waals surface area contributed by atoms with Crippen molar-refractivity contribution < 1.29 is 9.59 Å². The molecule has 0 unspecified atom stereocenters. The lowest BCUT2D eigenvalue weighted by molar-refractivity contribution is -0.127. The molecule has 2 rings (SSSR count). The fraction of sp³-hybridized carbons (Fsp3) is 0.583. The number of aromatic nitrogens is 2. The highest BCUT2D eigenvalue weighted by atomic mass is 79.9. The molecule has 8 heteroatoms. The van der Waals surface area contributed by atoms with Crippen molar-refractivity contribution in [1.82, 2.24) is 15.5 Å². The van der Waals surface area contributed by atoms with Crippen LogP contribution in [0.5, 0.6) is 0 Å². The predicted octanol–water partition coefficient (Wildman–Crippen LogP) is 6.58. The Kier molecular flexibility index (Phi) is 11.9. The lowest BCUT2D eigenvalue weighted by atomic mass is 9.98. The summed E-state index contributed by atoms with van der Waals surface area (Å²) < 4.78 is 0.955. The van der Waals surface area contributed by atoms with Gasteiger partial charge in [-0.15, -0.1) is 10.2 Å². The van der Waals surface area contributed by atoms with Gasteiger partial charge in [-0.2, -0.15) is 0 Å². The largest absolute Gasteiger partial charge is 0.344 e. The molecule has 0 aliphatic heterocycles. The van der Waals surface area contributed by atoms with E-state index in [1.54, 1.807) is 0 Å². The molecule has 0 spiro atoms. The first-order chi connectivity index (χ1) is 15.4. The minimum Gasteiger partial charge on any atom is -0.344 e. The lowest BCUT2D eigenvalue weighted by Crippen LogP contribution is -2.47. The summed E-state index contributed by atoms with van der Waals surface area (Å²) in [7, 11) is 0. The molecule has 0 aliphatic rings. The van der Waals surface area contributed by atoms with Crippen LogP contribution in [0.25, 0.3) is 10.6 Å². The van der Waals surface area contributed by atoms with Crippen LogP contribution in [-0.2, 0) is 9.59 Å². The number of halogens is 1. The van der Waals surface area contributed by atoms with Gasteiger partial charge in [-0.1, -0.05) is 105 Å². The van der Waals surface area contributed by atoms with Crippen LogP contribution in [0.2, 0.25) is 0 Å². The Balaban J connectivity index is 1.88. The SMILES string of the molecule is CCCCCCCCCC(=O)N[C@@H](C(=O)Nc1nnc(-c2cccc(Br)c2)s1)[C@H](C)CC. The Morgan fingerprint density at radius 2 is 1.78 bits per heavy atom. The van der Waals surface area contributed by atoms with Crippen molar-refractivity contribution in [2.75, 3.05) is 5.32 Å². The van der Waals surface area contributed by atoms with Crippen LogP contribution >= 0.6 is 27.3 Å². The first kappa shape index (κ1) is 26.5. The normalized spacial score (nSPS) is 12.9. The van der Waals surface area contributed by atoms with Crippen LogP contribution in [0.15, 0.2) is 28.7 Å². The number of nitrogens with zero attached hydrogens (tertiary/aromatic N) is 2. The van der Waals surface area contributed by atoms with E-state index in [2.05, 4.69) is 43.7 Å². The van der Waals surface area contributed by atoms with E-state index in [0.29, 0.717) is 11.6 Å². The smallest absolute Gasteiger partial charge is 0.249 e. The van der Waals surface area contributed by atoms with Crippen LogP contribution in [0.1, 0.15) is 78.6 Å². The standard InChI is InChI=1S/C24H35BrN4O2S/c1-4-6-7-8-9-10-11-15-20(30)26-21(17(3)5-2)22(31)27-24-29-28-23(32-24)18-13-12-14-19(25)16-18/h12-14,16-17,21H,4-11,15H2,1-3H3,(H,26,30)(H,27,29,31)/t17-,21-/m1/s1. The number of rotatable bonds is 14. The molecule has 0 saturated carbocycles. The highest BCUT2D eigenvalue weighted by Crippen LogP contribution is 2.28. The van der Waals surface area contributed by atoms with E-state index in [-0.39, 0.29) is 17.7 Å². The molecule has 0 bridgehead atoms. The van der Waals surface area contributed by atoms with Crippen molar-refractivity contribution in [3.8, 4) is 10.6 Å². The van der Waals surface area contributed by atoms with E-state index < -0.39 is 6.04 Å². The van der Waals surface area contributed by atoms with Crippen LogP contribution in [-0.4, -0.2) is 28.1 Å². The first-order valence-electron chi connectivity index (χ1n) is 11.6. The average molecular weight is 524 g/mol. The van der Waals surface area contributed by atoms with Crippen molar-refractivity contribution in [1.29, 1.82) is 0 Å². The minimum absolute atomic E-state index is 0.0189. The number of hydrogen-bond donors (Lipinski definition) is 2. The molecule has 0 aliphatic carbocycles. The molecule has 2 aromatic rings. The topological polar surface area (TPSA) is 84.0 Å². The van der Waals surface area contributed by atoms with E-state index in [0.717, 1.165) is 34.3 Å². The van der Waals surface area contributed by atoms with Gasteiger partial charge in [0.1, 0.15) is 11.0 Å². The minimum atomic E-state index is -0.588. The highest BCUT2D eigenvalue weighted by Gasteiger charge is 2.26. The van der Waals surface area contributed by atoms with Gasteiger partial charge in [0.05, 0.1) is 0 Å². The van der Waals surface area contributed by atoms with Crippen molar-refractivity contribution in [2.45, 2.75) is 84.6 Å². The Hall–Kier alpha value is -1.80. The first-order valence-corrected chi connectivity index (χ1v) is 13.2. The third kappa shape index (κ3) is 8.98. The summed E-state index contributed by atoms with van der Waals surface area (Å²) in [6.45, 7) is 6.20. The van der Waals surface area contributed by atoms with Gasteiger partial charge < -0.3 is 5.32 Å².